The second kappa shape index (κ2) is 6.35. The summed E-state index contributed by atoms with van der Waals surface area (Å²) in [6.45, 7) is 1.13. The zero-order chi connectivity index (χ0) is 20.7. The highest BCUT2D eigenvalue weighted by Crippen LogP contribution is 2.71. The van der Waals surface area contributed by atoms with Crippen LogP contribution in [-0.4, -0.2) is 36.3 Å². The topological polar surface area (TPSA) is 83.5 Å². The Kier molecular flexibility index (Phi) is 4.40. The minimum absolute atomic E-state index is 0.153. The van der Waals surface area contributed by atoms with Crippen LogP contribution in [0.15, 0.2) is 18.2 Å². The maximum atomic E-state index is 11.9. The van der Waals surface area contributed by atoms with Crippen molar-refractivity contribution >= 4 is 19.2 Å². The predicted molar refractivity (Wildman–Crippen MR) is 105 cm³/mol. The molecule has 0 radical (unpaired) electrons. The summed E-state index contributed by atoms with van der Waals surface area (Å²) in [7, 11) is -0.695. The van der Waals surface area contributed by atoms with Crippen molar-refractivity contribution in [2.24, 2.45) is 17.8 Å². The number of hydrogen-bond acceptors (Lipinski definition) is 6. The number of rotatable bonds is 5. The highest BCUT2D eigenvalue weighted by atomic mass is 35.5. The summed E-state index contributed by atoms with van der Waals surface area (Å²) < 4.78 is 28.5. The molecule has 4 atom stereocenters. The van der Waals surface area contributed by atoms with E-state index in [9.17, 15) is 9.46 Å². The lowest BCUT2D eigenvalue weighted by Crippen LogP contribution is -2.78. The lowest BCUT2D eigenvalue weighted by atomic mass is 9.46. The van der Waals surface area contributed by atoms with Gasteiger partial charge in [-0.05, 0) is 68.1 Å². The van der Waals surface area contributed by atoms with Crippen molar-refractivity contribution in [2.45, 2.75) is 48.4 Å². The third-order valence-corrected chi connectivity index (χ3v) is 8.24. The van der Waals surface area contributed by atoms with E-state index in [4.69, 9.17) is 35.4 Å². The van der Waals surface area contributed by atoms with Gasteiger partial charge in [0, 0.05) is 24.2 Å². The molecule has 7 nitrogen and oxygen atoms in total. The monoisotopic (exact) mass is 444 g/mol. The van der Waals surface area contributed by atoms with E-state index in [1.165, 1.54) is 7.11 Å². The molecule has 1 heterocycles. The van der Waals surface area contributed by atoms with E-state index >= 15 is 0 Å². The van der Waals surface area contributed by atoms with Gasteiger partial charge in [-0.25, -0.2) is 9.45 Å². The summed E-state index contributed by atoms with van der Waals surface area (Å²) in [6.07, 6.45) is 4.90. The average molecular weight is 445 g/mol. The predicted octanol–water partition coefficient (Wildman–Crippen LogP) is 4.21. The van der Waals surface area contributed by atoms with Gasteiger partial charge in [0.25, 0.3) is 5.79 Å². The SMILES string of the molecule is COc1ccc(C2(OC)OOC23C2CC4CC3CC(Cl)(C4)C2)cc1OP(C)(=O)O. The number of alkyl halides is 1. The Morgan fingerprint density at radius 3 is 2.31 bits per heavy atom. The Morgan fingerprint density at radius 2 is 1.83 bits per heavy atom. The third kappa shape index (κ3) is 2.75. The Morgan fingerprint density at radius 1 is 1.14 bits per heavy atom. The van der Waals surface area contributed by atoms with E-state index in [1.54, 1.807) is 19.2 Å². The summed E-state index contributed by atoms with van der Waals surface area (Å²) >= 11 is 6.93. The molecule has 0 amide bonds. The molecule has 1 N–H and O–H groups in total. The van der Waals surface area contributed by atoms with Crippen molar-refractivity contribution in [1.82, 2.24) is 0 Å². The molecule has 0 aromatic heterocycles. The van der Waals surface area contributed by atoms with Crippen LogP contribution in [0.1, 0.15) is 37.7 Å². The summed E-state index contributed by atoms with van der Waals surface area (Å²) in [4.78, 5) is 21.2. The highest BCUT2D eigenvalue weighted by molar-refractivity contribution is 7.52. The van der Waals surface area contributed by atoms with Gasteiger partial charge in [0.2, 0.25) is 0 Å². The number of halogens is 1. The van der Waals surface area contributed by atoms with Crippen molar-refractivity contribution in [1.29, 1.82) is 0 Å². The molecule has 5 fully saturated rings. The number of benzene rings is 1. The smallest absolute Gasteiger partial charge is 0.373 e. The molecule has 1 aliphatic heterocycles. The molecule has 1 aromatic carbocycles. The van der Waals surface area contributed by atoms with E-state index in [0.717, 1.165) is 38.8 Å². The average Bonchev–Trinajstić information content (AvgIpc) is 2.59. The van der Waals surface area contributed by atoms with Gasteiger partial charge >= 0.3 is 7.60 Å². The van der Waals surface area contributed by atoms with E-state index in [-0.39, 0.29) is 22.5 Å². The Balaban J connectivity index is 1.58. The van der Waals surface area contributed by atoms with E-state index < -0.39 is 19.0 Å². The molecule has 4 saturated carbocycles. The zero-order valence-electron chi connectivity index (χ0n) is 16.7. The van der Waals surface area contributed by atoms with Crippen LogP contribution in [0.3, 0.4) is 0 Å². The van der Waals surface area contributed by atoms with E-state index in [2.05, 4.69) is 0 Å². The van der Waals surface area contributed by atoms with Crippen LogP contribution in [0.4, 0.5) is 0 Å². The van der Waals surface area contributed by atoms with Crippen molar-refractivity contribution in [2.75, 3.05) is 20.9 Å². The molecule has 29 heavy (non-hydrogen) atoms. The first-order chi connectivity index (χ1) is 13.6. The molecule has 4 aliphatic carbocycles. The lowest BCUT2D eigenvalue weighted by Gasteiger charge is -2.70. The first kappa shape index (κ1) is 20.1. The molecule has 160 valence electrons. The second-order valence-corrected chi connectivity index (χ2v) is 11.6. The normalized spacial score (nSPS) is 44.4. The van der Waals surface area contributed by atoms with Crippen molar-refractivity contribution in [3.8, 4) is 11.5 Å². The van der Waals surface area contributed by atoms with Gasteiger partial charge < -0.3 is 18.9 Å². The molecule has 5 aliphatic rings. The van der Waals surface area contributed by atoms with Gasteiger partial charge in [-0.3, -0.25) is 0 Å². The minimum atomic E-state index is -3.78. The maximum absolute atomic E-state index is 11.9. The molecule has 4 bridgehead atoms. The van der Waals surface area contributed by atoms with Gasteiger partial charge in [0.05, 0.1) is 7.11 Å². The Labute approximate surface area is 175 Å². The molecule has 1 aromatic rings. The third-order valence-electron chi connectivity index (χ3n) is 7.24. The minimum Gasteiger partial charge on any atom is -0.493 e. The fourth-order valence-corrected chi connectivity index (χ4v) is 7.58. The van der Waals surface area contributed by atoms with Gasteiger partial charge in [-0.2, -0.15) is 4.89 Å². The fraction of sp³-hybridized carbons (Fsp3) is 0.700. The first-order valence-electron chi connectivity index (χ1n) is 9.94. The standard InChI is InChI=1S/C20H26ClO7P/c1-24-16-5-4-13(8-17(16)26-29(3,22)23)20(25-2)19(27-28-20)14-6-12-7-15(19)11-18(21,9-12)10-14/h4-5,8,12,14-15H,6-7,9-11H2,1-3H3,(H,22,23). The van der Waals surface area contributed by atoms with Crippen LogP contribution < -0.4 is 9.26 Å². The van der Waals surface area contributed by atoms with Crippen molar-refractivity contribution in [3.05, 3.63) is 23.8 Å². The van der Waals surface area contributed by atoms with E-state index in [0.29, 0.717) is 17.2 Å². The number of hydrogen-bond donors (Lipinski definition) is 1. The fourth-order valence-electron chi connectivity index (χ4n) is 6.48. The van der Waals surface area contributed by atoms with Gasteiger partial charge in [-0.1, -0.05) is 0 Å². The van der Waals surface area contributed by atoms with Crippen molar-refractivity contribution < 1.29 is 33.2 Å². The molecule has 1 spiro atoms. The van der Waals surface area contributed by atoms with Crippen LogP contribution in [0.25, 0.3) is 0 Å². The van der Waals surface area contributed by atoms with Crippen LogP contribution in [0.2, 0.25) is 0 Å². The Hall–Kier alpha value is -0.820. The van der Waals surface area contributed by atoms with Crippen LogP contribution in [0, 0.1) is 17.8 Å². The Bertz CT molecular complexity index is 866. The summed E-state index contributed by atoms with van der Waals surface area (Å²) in [5.74, 6) is 0.460. The quantitative estimate of drug-likeness (QED) is 0.414. The lowest BCUT2D eigenvalue weighted by molar-refractivity contribution is -0.645. The largest absolute Gasteiger partial charge is 0.493 e. The van der Waals surface area contributed by atoms with Gasteiger partial charge in [0.15, 0.2) is 17.1 Å². The summed E-state index contributed by atoms with van der Waals surface area (Å²) in [5.41, 5.74) is 0.0458. The number of methoxy groups -OCH3 is 2. The van der Waals surface area contributed by atoms with Crippen molar-refractivity contribution in [3.63, 3.8) is 0 Å². The molecular formula is C20H26ClO7P. The molecule has 9 heteroatoms. The van der Waals surface area contributed by atoms with Crippen LogP contribution in [0.5, 0.6) is 11.5 Å². The second-order valence-electron chi connectivity index (χ2n) is 9.03. The highest BCUT2D eigenvalue weighted by Gasteiger charge is 2.78. The zero-order valence-corrected chi connectivity index (χ0v) is 18.4. The summed E-state index contributed by atoms with van der Waals surface area (Å²) in [6, 6.07) is 5.18. The van der Waals surface area contributed by atoms with Crippen LogP contribution >= 0.6 is 19.2 Å². The molecule has 4 unspecified atom stereocenters. The van der Waals surface area contributed by atoms with Gasteiger partial charge in [-0.15, -0.1) is 11.6 Å². The molecule has 6 rings (SSSR count). The number of ether oxygens (including phenoxy) is 2. The van der Waals surface area contributed by atoms with Crippen LogP contribution in [-0.2, 0) is 24.9 Å². The van der Waals surface area contributed by atoms with Gasteiger partial charge in [0.1, 0.15) is 0 Å². The van der Waals surface area contributed by atoms with E-state index in [1.807, 2.05) is 6.07 Å². The maximum Gasteiger partial charge on any atom is 0.373 e. The molecular weight excluding hydrogens is 419 g/mol. The first-order valence-corrected chi connectivity index (χ1v) is 12.3. The molecule has 1 saturated heterocycles. The summed E-state index contributed by atoms with van der Waals surface area (Å²) in [5, 5.41) is 0.